The fraction of sp³-hybridized carbons (Fsp3) is 0.227. The molecule has 0 saturated heterocycles. The number of primary amides is 1. The highest BCUT2D eigenvalue weighted by atomic mass is 35.5. The summed E-state index contributed by atoms with van der Waals surface area (Å²) >= 11 is 6.43. The van der Waals surface area contributed by atoms with Crippen molar-refractivity contribution in [3.05, 3.63) is 76.1 Å². The monoisotopic (exact) mass is 382 g/mol. The lowest BCUT2D eigenvalue weighted by molar-refractivity contribution is 0.1000. The second kappa shape index (κ2) is 7.89. The van der Waals surface area contributed by atoms with Crippen molar-refractivity contribution >= 4 is 17.5 Å². The van der Waals surface area contributed by atoms with Crippen LogP contribution in [0.15, 0.2) is 48.5 Å². The maximum Gasteiger partial charge on any atom is 0.251 e. The van der Waals surface area contributed by atoms with E-state index in [1.807, 2.05) is 43.3 Å². The van der Waals surface area contributed by atoms with Gasteiger partial charge in [0.05, 0.1) is 5.56 Å². The number of halogens is 1. The van der Waals surface area contributed by atoms with Gasteiger partial charge in [-0.3, -0.25) is 4.79 Å². The highest BCUT2D eigenvalue weighted by Crippen LogP contribution is 2.37. The Bertz CT molecular complexity index is 975. The number of aromatic nitrogens is 1. The highest BCUT2D eigenvalue weighted by molar-refractivity contribution is 6.33. The summed E-state index contributed by atoms with van der Waals surface area (Å²) in [7, 11) is 0. The Kier molecular flexibility index (Phi) is 5.57. The van der Waals surface area contributed by atoms with E-state index in [4.69, 9.17) is 17.3 Å². The van der Waals surface area contributed by atoms with Crippen molar-refractivity contribution in [3.63, 3.8) is 0 Å². The number of phenolic OH excluding ortho intramolecular Hbond substituents is 1. The molecular formula is C22H23ClN2O2. The molecule has 0 bridgehead atoms. The lowest BCUT2D eigenvalue weighted by Gasteiger charge is -2.12. The number of aryl methyl sites for hydroxylation is 1. The first kappa shape index (κ1) is 19.1. The number of carbonyl (C=O) groups excluding carboxylic acids is 1. The normalized spacial score (nSPS) is 10.9. The van der Waals surface area contributed by atoms with E-state index in [0.29, 0.717) is 17.1 Å². The Hall–Kier alpha value is -2.72. The van der Waals surface area contributed by atoms with Crippen LogP contribution in [0.2, 0.25) is 5.02 Å². The van der Waals surface area contributed by atoms with Gasteiger partial charge >= 0.3 is 0 Å². The summed E-state index contributed by atoms with van der Waals surface area (Å²) in [5.74, 6) is -0.192. The first-order valence-corrected chi connectivity index (χ1v) is 9.36. The van der Waals surface area contributed by atoms with Crippen molar-refractivity contribution in [3.8, 4) is 16.9 Å². The predicted octanol–water partition coefficient (Wildman–Crippen LogP) is 4.73. The molecule has 0 fully saturated rings. The minimum absolute atomic E-state index is 0.252. The van der Waals surface area contributed by atoms with Crippen LogP contribution >= 0.6 is 11.6 Å². The molecule has 0 atom stereocenters. The molecule has 3 aromatic rings. The number of benzene rings is 2. The number of amides is 1. The Morgan fingerprint density at radius 3 is 2.41 bits per heavy atom. The van der Waals surface area contributed by atoms with E-state index in [-0.39, 0.29) is 5.75 Å². The van der Waals surface area contributed by atoms with Gasteiger partial charge in [-0.05, 0) is 43.5 Å². The molecule has 3 rings (SSSR count). The number of phenols is 1. The van der Waals surface area contributed by atoms with Crippen molar-refractivity contribution in [1.29, 1.82) is 0 Å². The van der Waals surface area contributed by atoms with Crippen LogP contribution in [-0.2, 0) is 19.4 Å². The first-order valence-electron chi connectivity index (χ1n) is 8.98. The fourth-order valence-electron chi connectivity index (χ4n) is 3.63. The second-order valence-corrected chi connectivity index (χ2v) is 6.96. The van der Waals surface area contributed by atoms with Crippen LogP contribution in [0.5, 0.6) is 5.75 Å². The number of hydrogen-bond acceptors (Lipinski definition) is 2. The maximum absolute atomic E-state index is 12.3. The average Bonchev–Trinajstić information content (AvgIpc) is 2.93. The van der Waals surface area contributed by atoms with Gasteiger partial charge in [-0.25, -0.2) is 0 Å². The zero-order chi connectivity index (χ0) is 19.6. The van der Waals surface area contributed by atoms with Gasteiger partial charge in [0.2, 0.25) is 0 Å². The van der Waals surface area contributed by atoms with E-state index in [2.05, 4.69) is 11.5 Å². The maximum atomic E-state index is 12.3. The molecule has 0 unspecified atom stereocenters. The fourth-order valence-corrected chi connectivity index (χ4v) is 3.86. The largest absolute Gasteiger partial charge is 0.508 e. The summed E-state index contributed by atoms with van der Waals surface area (Å²) < 4.78 is 2.16. The Labute approximate surface area is 164 Å². The quantitative estimate of drug-likeness (QED) is 0.647. The number of carbonyl (C=O) groups is 1. The van der Waals surface area contributed by atoms with E-state index in [9.17, 15) is 9.90 Å². The molecule has 3 N–H and O–H groups in total. The van der Waals surface area contributed by atoms with Gasteiger partial charge in [-0.1, -0.05) is 48.9 Å². The van der Waals surface area contributed by atoms with Gasteiger partial charge < -0.3 is 15.4 Å². The minimum Gasteiger partial charge on any atom is -0.508 e. The summed E-state index contributed by atoms with van der Waals surface area (Å²) in [4.78, 5) is 12.3. The van der Waals surface area contributed by atoms with Gasteiger partial charge in [0.25, 0.3) is 5.91 Å². The smallest absolute Gasteiger partial charge is 0.251 e. The Balaban J connectivity index is 2.09. The van der Waals surface area contributed by atoms with Crippen LogP contribution in [0.3, 0.4) is 0 Å². The molecule has 0 aliphatic carbocycles. The van der Waals surface area contributed by atoms with Gasteiger partial charge in [0.1, 0.15) is 5.75 Å². The van der Waals surface area contributed by atoms with Crippen molar-refractivity contribution in [1.82, 2.24) is 4.57 Å². The highest BCUT2D eigenvalue weighted by Gasteiger charge is 2.24. The number of rotatable bonds is 6. The zero-order valence-corrected chi connectivity index (χ0v) is 16.3. The van der Waals surface area contributed by atoms with Gasteiger partial charge in [-0.2, -0.15) is 0 Å². The third-order valence-corrected chi connectivity index (χ3v) is 5.25. The molecule has 0 aliphatic heterocycles. The van der Waals surface area contributed by atoms with Gasteiger partial charge in [-0.15, -0.1) is 0 Å². The standard InChI is InChI=1S/C22H23ClN2O2/c1-3-19-21(17-6-4-5-7-18(17)23)20(22(24)27)14(2)25(19)13-12-15-8-10-16(26)11-9-15/h4-11,26H,3,12-13H2,1-2H3,(H2,24,27). The van der Waals surface area contributed by atoms with E-state index in [1.54, 1.807) is 12.1 Å². The molecule has 1 heterocycles. The van der Waals surface area contributed by atoms with E-state index < -0.39 is 5.91 Å². The molecule has 2 aromatic carbocycles. The van der Waals surface area contributed by atoms with Crippen LogP contribution in [0, 0.1) is 6.92 Å². The lowest BCUT2D eigenvalue weighted by Crippen LogP contribution is -2.14. The number of aromatic hydroxyl groups is 1. The van der Waals surface area contributed by atoms with Crippen molar-refractivity contribution in [2.75, 3.05) is 0 Å². The minimum atomic E-state index is -0.444. The number of hydrogen-bond donors (Lipinski definition) is 2. The SMILES string of the molecule is CCc1c(-c2ccccc2Cl)c(C(N)=O)c(C)n1CCc1ccc(O)cc1. The van der Waals surface area contributed by atoms with Crippen molar-refractivity contribution in [2.24, 2.45) is 5.73 Å². The first-order chi connectivity index (χ1) is 12.9. The molecule has 27 heavy (non-hydrogen) atoms. The molecule has 0 saturated carbocycles. The van der Waals surface area contributed by atoms with Crippen LogP contribution in [0.1, 0.15) is 34.2 Å². The predicted molar refractivity (Wildman–Crippen MR) is 109 cm³/mol. The molecule has 0 spiro atoms. The van der Waals surface area contributed by atoms with Crippen molar-refractivity contribution < 1.29 is 9.90 Å². The molecule has 4 nitrogen and oxygen atoms in total. The summed E-state index contributed by atoms with van der Waals surface area (Å²) in [5, 5.41) is 10.1. The van der Waals surface area contributed by atoms with Crippen LogP contribution in [0.4, 0.5) is 0 Å². The summed E-state index contributed by atoms with van der Waals surface area (Å²) in [6.45, 7) is 4.71. The average molecular weight is 383 g/mol. The number of nitrogens with zero attached hydrogens (tertiary/aromatic N) is 1. The third-order valence-electron chi connectivity index (χ3n) is 4.92. The molecule has 1 amide bonds. The van der Waals surface area contributed by atoms with E-state index >= 15 is 0 Å². The number of nitrogens with two attached hydrogens (primary N) is 1. The third kappa shape index (κ3) is 3.71. The van der Waals surface area contributed by atoms with E-state index in [1.165, 1.54) is 0 Å². The Morgan fingerprint density at radius 1 is 1.15 bits per heavy atom. The molecule has 0 aliphatic rings. The topological polar surface area (TPSA) is 68.2 Å². The summed E-state index contributed by atoms with van der Waals surface area (Å²) in [6.07, 6.45) is 1.53. The molecular weight excluding hydrogens is 360 g/mol. The molecule has 1 aromatic heterocycles. The van der Waals surface area contributed by atoms with Gasteiger partial charge in [0, 0.05) is 34.1 Å². The Morgan fingerprint density at radius 2 is 1.81 bits per heavy atom. The summed E-state index contributed by atoms with van der Waals surface area (Å²) in [6, 6.07) is 14.7. The lowest BCUT2D eigenvalue weighted by atomic mass is 9.99. The van der Waals surface area contributed by atoms with Gasteiger partial charge in [0.15, 0.2) is 0 Å². The van der Waals surface area contributed by atoms with E-state index in [0.717, 1.165) is 40.9 Å². The summed E-state index contributed by atoms with van der Waals surface area (Å²) in [5.41, 5.74) is 11.0. The molecule has 5 heteroatoms. The van der Waals surface area contributed by atoms with Crippen LogP contribution < -0.4 is 5.73 Å². The molecule has 140 valence electrons. The van der Waals surface area contributed by atoms with Crippen molar-refractivity contribution in [2.45, 2.75) is 33.2 Å². The second-order valence-electron chi connectivity index (χ2n) is 6.55. The van der Waals surface area contributed by atoms with Crippen LogP contribution in [0.25, 0.3) is 11.1 Å². The zero-order valence-electron chi connectivity index (χ0n) is 15.5. The molecule has 0 radical (unpaired) electrons. The van der Waals surface area contributed by atoms with Crippen LogP contribution in [-0.4, -0.2) is 15.6 Å².